The summed E-state index contributed by atoms with van der Waals surface area (Å²) in [5.74, 6) is 0. The molecule has 2 aromatic rings. The summed E-state index contributed by atoms with van der Waals surface area (Å²) in [7, 11) is -4.10. The van der Waals surface area contributed by atoms with Gasteiger partial charge in [0, 0.05) is 10.2 Å². The molecule has 2 rings (SSSR count). The van der Waals surface area contributed by atoms with E-state index in [0.717, 1.165) is 17.7 Å². The van der Waals surface area contributed by atoms with Crippen molar-refractivity contribution in [2.24, 2.45) is 0 Å². The lowest BCUT2D eigenvalue weighted by Gasteiger charge is -2.13. The van der Waals surface area contributed by atoms with Crippen LogP contribution in [0.25, 0.3) is 0 Å². The van der Waals surface area contributed by atoms with Crippen LogP contribution in [0.4, 0.5) is 18.9 Å². The van der Waals surface area contributed by atoms with Gasteiger partial charge in [0.25, 0.3) is 10.0 Å². The molecule has 0 heterocycles. The molecule has 0 spiro atoms. The Kier molecular flexibility index (Phi) is 4.53. The molecule has 0 radical (unpaired) electrons. The van der Waals surface area contributed by atoms with E-state index in [-0.39, 0.29) is 10.2 Å². The molecule has 2 aromatic carbocycles. The summed E-state index contributed by atoms with van der Waals surface area (Å²) in [6.45, 7) is 1.78. The summed E-state index contributed by atoms with van der Waals surface area (Å²) < 4.78 is 65.0. The first kappa shape index (κ1) is 16.8. The van der Waals surface area contributed by atoms with Crippen molar-refractivity contribution in [1.82, 2.24) is 0 Å². The van der Waals surface area contributed by atoms with Crippen molar-refractivity contribution < 1.29 is 21.6 Å². The predicted molar refractivity (Wildman–Crippen MR) is 81.1 cm³/mol. The maximum Gasteiger partial charge on any atom is 0.417 e. The molecule has 3 nitrogen and oxygen atoms in total. The largest absolute Gasteiger partial charge is 0.417 e. The number of alkyl halides is 3. The van der Waals surface area contributed by atoms with E-state index >= 15 is 0 Å². The molecule has 8 heteroatoms. The molecule has 0 unspecified atom stereocenters. The first-order valence-electron chi connectivity index (χ1n) is 6.06. The Balaban J connectivity index is 2.42. The van der Waals surface area contributed by atoms with Gasteiger partial charge in [-0.15, -0.1) is 0 Å². The Morgan fingerprint density at radius 3 is 2.36 bits per heavy atom. The fourth-order valence-electron chi connectivity index (χ4n) is 1.81. The molecular weight excluding hydrogens is 383 g/mol. The smallest absolute Gasteiger partial charge is 0.280 e. The van der Waals surface area contributed by atoms with Crippen molar-refractivity contribution in [3.8, 4) is 0 Å². The van der Waals surface area contributed by atoms with Crippen LogP contribution in [-0.2, 0) is 16.2 Å². The number of hydrogen-bond donors (Lipinski definition) is 1. The van der Waals surface area contributed by atoms with Crippen LogP contribution in [0.15, 0.2) is 51.8 Å². The monoisotopic (exact) mass is 393 g/mol. The first-order chi connectivity index (χ1) is 10.1. The molecule has 0 aromatic heterocycles. The Hall–Kier alpha value is -1.54. The zero-order chi connectivity index (χ0) is 16.5. The molecule has 118 valence electrons. The number of halogens is 4. The second kappa shape index (κ2) is 5.92. The maximum atomic E-state index is 12.9. The average Bonchev–Trinajstić information content (AvgIpc) is 2.36. The van der Waals surface area contributed by atoms with Crippen molar-refractivity contribution in [2.45, 2.75) is 18.0 Å². The molecule has 0 atom stereocenters. The number of rotatable bonds is 3. The van der Waals surface area contributed by atoms with Crippen LogP contribution in [0.1, 0.15) is 11.1 Å². The summed E-state index contributed by atoms with van der Waals surface area (Å²) in [5, 5.41) is 0. The van der Waals surface area contributed by atoms with Gasteiger partial charge in [0.1, 0.15) is 0 Å². The zero-order valence-corrected chi connectivity index (χ0v) is 13.7. The number of nitrogens with one attached hydrogen (secondary N) is 1. The SMILES string of the molecule is Cc1cccc(NS(=O)(=O)c2ccc(Br)c(C(F)(F)F)c2)c1. The van der Waals surface area contributed by atoms with Crippen LogP contribution < -0.4 is 4.72 Å². The summed E-state index contributed by atoms with van der Waals surface area (Å²) in [6.07, 6.45) is -4.65. The minimum atomic E-state index is -4.65. The number of aryl methyl sites for hydroxylation is 1. The highest BCUT2D eigenvalue weighted by molar-refractivity contribution is 9.10. The van der Waals surface area contributed by atoms with E-state index in [1.807, 2.05) is 0 Å². The van der Waals surface area contributed by atoms with Crippen molar-refractivity contribution >= 4 is 31.6 Å². The van der Waals surface area contributed by atoms with Gasteiger partial charge in [-0.1, -0.05) is 28.1 Å². The summed E-state index contributed by atoms with van der Waals surface area (Å²) in [6, 6.07) is 9.30. The summed E-state index contributed by atoms with van der Waals surface area (Å²) in [5.41, 5.74) is 0.0723. The third-order valence-corrected chi connectivity index (χ3v) is 4.89. The van der Waals surface area contributed by atoms with Gasteiger partial charge in [0.05, 0.1) is 10.5 Å². The molecule has 0 bridgehead atoms. The molecule has 0 fully saturated rings. The van der Waals surface area contributed by atoms with Crippen LogP contribution in [0.2, 0.25) is 0 Å². The van der Waals surface area contributed by atoms with Gasteiger partial charge in [-0.2, -0.15) is 13.2 Å². The lowest BCUT2D eigenvalue weighted by Crippen LogP contribution is -2.15. The molecule has 0 saturated heterocycles. The number of anilines is 1. The second-order valence-electron chi connectivity index (χ2n) is 4.61. The average molecular weight is 394 g/mol. The Labute approximate surface area is 134 Å². The molecule has 1 N–H and O–H groups in total. The van der Waals surface area contributed by atoms with Gasteiger partial charge in [0.2, 0.25) is 0 Å². The third-order valence-electron chi connectivity index (χ3n) is 2.82. The van der Waals surface area contributed by atoms with E-state index in [9.17, 15) is 21.6 Å². The summed E-state index contributed by atoms with van der Waals surface area (Å²) in [4.78, 5) is -0.454. The highest BCUT2D eigenvalue weighted by Gasteiger charge is 2.34. The topological polar surface area (TPSA) is 46.2 Å². The molecule has 0 saturated carbocycles. The first-order valence-corrected chi connectivity index (χ1v) is 8.33. The standard InChI is InChI=1S/C14H11BrF3NO2S/c1-9-3-2-4-10(7-9)19-22(20,21)11-5-6-13(15)12(8-11)14(16,17)18/h2-8,19H,1H3. The van der Waals surface area contributed by atoms with E-state index in [4.69, 9.17) is 0 Å². The number of sulfonamides is 1. The molecule has 0 aliphatic heterocycles. The van der Waals surface area contributed by atoms with Crippen molar-refractivity contribution in [3.63, 3.8) is 0 Å². The van der Waals surface area contributed by atoms with Gasteiger partial charge in [-0.05, 0) is 42.8 Å². The van der Waals surface area contributed by atoms with Crippen LogP contribution in [0, 0.1) is 6.92 Å². The zero-order valence-electron chi connectivity index (χ0n) is 11.3. The highest BCUT2D eigenvalue weighted by Crippen LogP contribution is 2.36. The summed E-state index contributed by atoms with van der Waals surface area (Å²) >= 11 is 2.77. The van der Waals surface area contributed by atoms with Crippen molar-refractivity contribution in [2.75, 3.05) is 4.72 Å². The van der Waals surface area contributed by atoms with E-state index in [0.29, 0.717) is 6.07 Å². The maximum absolute atomic E-state index is 12.9. The number of hydrogen-bond acceptors (Lipinski definition) is 2. The molecule has 22 heavy (non-hydrogen) atoms. The van der Waals surface area contributed by atoms with Crippen LogP contribution in [-0.4, -0.2) is 8.42 Å². The Bertz CT molecular complexity index is 804. The fraction of sp³-hybridized carbons (Fsp3) is 0.143. The predicted octanol–water partition coefficient (Wildman–Crippen LogP) is 4.58. The van der Waals surface area contributed by atoms with Gasteiger partial charge in [0.15, 0.2) is 0 Å². The molecular formula is C14H11BrF3NO2S. The van der Waals surface area contributed by atoms with Crippen molar-refractivity contribution in [1.29, 1.82) is 0 Å². The second-order valence-corrected chi connectivity index (χ2v) is 7.15. The Morgan fingerprint density at radius 1 is 1.09 bits per heavy atom. The van der Waals surface area contributed by atoms with E-state index in [2.05, 4.69) is 20.7 Å². The highest BCUT2D eigenvalue weighted by atomic mass is 79.9. The molecule has 0 aliphatic carbocycles. The van der Waals surface area contributed by atoms with Gasteiger partial charge < -0.3 is 0 Å². The van der Waals surface area contributed by atoms with E-state index in [1.54, 1.807) is 25.1 Å². The van der Waals surface area contributed by atoms with E-state index in [1.165, 1.54) is 6.07 Å². The normalized spacial score (nSPS) is 12.2. The lowest BCUT2D eigenvalue weighted by molar-refractivity contribution is -0.138. The quantitative estimate of drug-likeness (QED) is 0.829. The fourth-order valence-corrected chi connectivity index (χ4v) is 3.36. The van der Waals surface area contributed by atoms with Gasteiger partial charge >= 0.3 is 6.18 Å². The van der Waals surface area contributed by atoms with E-state index < -0.39 is 26.7 Å². The lowest BCUT2D eigenvalue weighted by atomic mass is 10.2. The number of benzene rings is 2. The minimum absolute atomic E-state index is 0.213. The minimum Gasteiger partial charge on any atom is -0.280 e. The van der Waals surface area contributed by atoms with Gasteiger partial charge in [-0.3, -0.25) is 4.72 Å². The van der Waals surface area contributed by atoms with Crippen LogP contribution >= 0.6 is 15.9 Å². The molecule has 0 amide bonds. The van der Waals surface area contributed by atoms with Gasteiger partial charge in [-0.25, -0.2) is 8.42 Å². The third kappa shape index (κ3) is 3.80. The van der Waals surface area contributed by atoms with Crippen LogP contribution in [0.5, 0.6) is 0 Å². The Morgan fingerprint density at radius 2 is 1.77 bits per heavy atom. The van der Waals surface area contributed by atoms with Crippen LogP contribution in [0.3, 0.4) is 0 Å². The van der Waals surface area contributed by atoms with Crippen molar-refractivity contribution in [3.05, 3.63) is 58.1 Å². The molecule has 0 aliphatic rings.